The van der Waals surface area contributed by atoms with E-state index in [1.165, 1.54) is 0 Å². The van der Waals surface area contributed by atoms with Gasteiger partial charge in [-0.3, -0.25) is 0 Å². The second kappa shape index (κ2) is 4.70. The minimum absolute atomic E-state index is 0.313. The molecule has 3 heteroatoms. The summed E-state index contributed by atoms with van der Waals surface area (Å²) in [6.45, 7) is 2.10. The van der Waals surface area contributed by atoms with E-state index < -0.39 is 0 Å². The molecule has 0 bridgehead atoms. The van der Waals surface area contributed by atoms with E-state index in [2.05, 4.69) is 0 Å². The Bertz CT molecular complexity index is 99.5. The van der Waals surface area contributed by atoms with Gasteiger partial charge in [0.15, 0.2) is 0 Å². The van der Waals surface area contributed by atoms with Crippen LogP contribution < -0.4 is 0 Å². The van der Waals surface area contributed by atoms with Gasteiger partial charge in [0.2, 0.25) is 0 Å². The lowest BCUT2D eigenvalue weighted by Gasteiger charge is -2.12. The summed E-state index contributed by atoms with van der Waals surface area (Å²) >= 11 is 0. The number of hydrogen-bond donors (Lipinski definition) is 1. The molecular formula is C8H16O3. The van der Waals surface area contributed by atoms with E-state index in [-0.39, 0.29) is 6.10 Å². The smallest absolute Gasteiger partial charge is 0.0777 e. The molecule has 3 nitrogen and oxygen atoms in total. The van der Waals surface area contributed by atoms with Crippen LogP contribution in [0, 0.1) is 5.92 Å². The summed E-state index contributed by atoms with van der Waals surface area (Å²) < 4.78 is 10.0. The monoisotopic (exact) mass is 160 g/mol. The SMILES string of the molecule is COCC(O)CC1CCOC1. The Balaban J connectivity index is 2.08. The summed E-state index contributed by atoms with van der Waals surface area (Å²) in [7, 11) is 1.61. The standard InChI is InChI=1S/C8H16O3/c1-10-6-8(9)4-7-2-3-11-5-7/h7-9H,2-6H2,1H3. The second-order valence-corrected chi connectivity index (χ2v) is 3.07. The van der Waals surface area contributed by atoms with Gasteiger partial charge in [0.25, 0.3) is 0 Å². The normalized spacial score (nSPS) is 27.3. The van der Waals surface area contributed by atoms with E-state index in [1.54, 1.807) is 7.11 Å². The number of hydrogen-bond acceptors (Lipinski definition) is 3. The molecule has 1 aliphatic heterocycles. The summed E-state index contributed by atoms with van der Waals surface area (Å²) in [6, 6.07) is 0. The largest absolute Gasteiger partial charge is 0.391 e. The minimum Gasteiger partial charge on any atom is -0.391 e. The lowest BCUT2D eigenvalue weighted by Crippen LogP contribution is -2.18. The van der Waals surface area contributed by atoms with E-state index in [0.717, 1.165) is 26.1 Å². The fourth-order valence-corrected chi connectivity index (χ4v) is 1.41. The quantitative estimate of drug-likeness (QED) is 0.647. The third-order valence-corrected chi connectivity index (χ3v) is 1.99. The molecule has 11 heavy (non-hydrogen) atoms. The van der Waals surface area contributed by atoms with Crippen molar-refractivity contribution in [2.75, 3.05) is 26.9 Å². The molecule has 0 amide bonds. The maximum absolute atomic E-state index is 9.33. The summed E-state index contributed by atoms with van der Waals surface area (Å²) in [5.41, 5.74) is 0. The highest BCUT2D eigenvalue weighted by Gasteiger charge is 2.18. The van der Waals surface area contributed by atoms with E-state index in [1.807, 2.05) is 0 Å². The van der Waals surface area contributed by atoms with Crippen molar-refractivity contribution >= 4 is 0 Å². The average Bonchev–Trinajstić information content (AvgIpc) is 2.40. The highest BCUT2D eigenvalue weighted by Crippen LogP contribution is 2.17. The van der Waals surface area contributed by atoms with Crippen molar-refractivity contribution < 1.29 is 14.6 Å². The molecule has 0 aromatic heterocycles. The van der Waals surface area contributed by atoms with Crippen LogP contribution in [0.4, 0.5) is 0 Å². The van der Waals surface area contributed by atoms with Crippen molar-refractivity contribution in [1.82, 2.24) is 0 Å². The van der Waals surface area contributed by atoms with Crippen LogP contribution in [0.25, 0.3) is 0 Å². The van der Waals surface area contributed by atoms with Gasteiger partial charge in [-0.1, -0.05) is 0 Å². The molecule has 1 fully saturated rings. The second-order valence-electron chi connectivity index (χ2n) is 3.07. The minimum atomic E-state index is -0.313. The highest BCUT2D eigenvalue weighted by atomic mass is 16.5. The van der Waals surface area contributed by atoms with Crippen molar-refractivity contribution in [3.8, 4) is 0 Å². The Morgan fingerprint density at radius 1 is 1.73 bits per heavy atom. The van der Waals surface area contributed by atoms with E-state index in [4.69, 9.17) is 9.47 Å². The zero-order chi connectivity index (χ0) is 8.10. The number of aliphatic hydroxyl groups is 1. The molecule has 66 valence electrons. The van der Waals surface area contributed by atoms with E-state index in [9.17, 15) is 5.11 Å². The Morgan fingerprint density at radius 3 is 3.09 bits per heavy atom. The van der Waals surface area contributed by atoms with Gasteiger partial charge < -0.3 is 14.6 Å². The maximum atomic E-state index is 9.33. The molecule has 2 unspecified atom stereocenters. The van der Waals surface area contributed by atoms with Gasteiger partial charge in [-0.15, -0.1) is 0 Å². The van der Waals surface area contributed by atoms with Gasteiger partial charge in [0, 0.05) is 20.3 Å². The zero-order valence-corrected chi connectivity index (χ0v) is 6.95. The lowest BCUT2D eigenvalue weighted by atomic mass is 10.0. The van der Waals surface area contributed by atoms with Crippen LogP contribution in [-0.2, 0) is 9.47 Å². The number of ether oxygens (including phenoxy) is 2. The Kier molecular flexibility index (Phi) is 3.83. The third kappa shape index (κ3) is 3.18. The lowest BCUT2D eigenvalue weighted by molar-refractivity contribution is 0.0464. The first-order chi connectivity index (χ1) is 5.33. The van der Waals surface area contributed by atoms with Gasteiger partial charge >= 0.3 is 0 Å². The summed E-state index contributed by atoms with van der Waals surface area (Å²) in [6.07, 6.45) is 1.58. The van der Waals surface area contributed by atoms with Gasteiger partial charge in [-0.05, 0) is 18.8 Å². The molecule has 0 saturated carbocycles. The van der Waals surface area contributed by atoms with E-state index >= 15 is 0 Å². The first kappa shape index (κ1) is 8.97. The molecule has 1 saturated heterocycles. The fourth-order valence-electron chi connectivity index (χ4n) is 1.41. The van der Waals surface area contributed by atoms with Crippen LogP contribution in [0.5, 0.6) is 0 Å². The third-order valence-electron chi connectivity index (χ3n) is 1.99. The first-order valence-electron chi connectivity index (χ1n) is 4.07. The van der Waals surface area contributed by atoms with Crippen LogP contribution in [-0.4, -0.2) is 38.1 Å². The van der Waals surface area contributed by atoms with Gasteiger partial charge in [-0.25, -0.2) is 0 Å². The molecule has 1 aliphatic rings. The summed E-state index contributed by atoms with van der Waals surface area (Å²) in [4.78, 5) is 0. The number of aliphatic hydroxyl groups excluding tert-OH is 1. The fraction of sp³-hybridized carbons (Fsp3) is 1.00. The summed E-state index contributed by atoms with van der Waals surface area (Å²) in [5.74, 6) is 0.542. The van der Waals surface area contributed by atoms with Gasteiger partial charge in [0.05, 0.1) is 12.7 Å². The Hall–Kier alpha value is -0.120. The van der Waals surface area contributed by atoms with Gasteiger partial charge in [-0.2, -0.15) is 0 Å². The molecular weight excluding hydrogens is 144 g/mol. The predicted molar refractivity (Wildman–Crippen MR) is 41.4 cm³/mol. The van der Waals surface area contributed by atoms with Crippen molar-refractivity contribution in [2.24, 2.45) is 5.92 Å². The van der Waals surface area contributed by atoms with Crippen molar-refractivity contribution in [3.63, 3.8) is 0 Å². The molecule has 0 aromatic carbocycles. The Morgan fingerprint density at radius 2 is 2.55 bits per heavy atom. The van der Waals surface area contributed by atoms with Crippen molar-refractivity contribution in [2.45, 2.75) is 18.9 Å². The molecule has 1 N–H and O–H groups in total. The van der Waals surface area contributed by atoms with Crippen LogP contribution in [0.3, 0.4) is 0 Å². The molecule has 0 aliphatic carbocycles. The van der Waals surface area contributed by atoms with Crippen molar-refractivity contribution in [3.05, 3.63) is 0 Å². The average molecular weight is 160 g/mol. The van der Waals surface area contributed by atoms with Crippen LogP contribution in [0.15, 0.2) is 0 Å². The van der Waals surface area contributed by atoms with E-state index in [0.29, 0.717) is 12.5 Å². The molecule has 2 atom stereocenters. The topological polar surface area (TPSA) is 38.7 Å². The molecule has 0 aromatic rings. The van der Waals surface area contributed by atoms with Crippen molar-refractivity contribution in [1.29, 1.82) is 0 Å². The first-order valence-corrected chi connectivity index (χ1v) is 4.07. The molecule has 1 heterocycles. The molecule has 0 radical (unpaired) electrons. The predicted octanol–water partition coefficient (Wildman–Crippen LogP) is 0.420. The van der Waals surface area contributed by atoms with Crippen LogP contribution in [0.1, 0.15) is 12.8 Å². The van der Waals surface area contributed by atoms with Gasteiger partial charge in [0.1, 0.15) is 0 Å². The Labute approximate surface area is 67.3 Å². The highest BCUT2D eigenvalue weighted by molar-refractivity contribution is 4.68. The summed E-state index contributed by atoms with van der Waals surface area (Å²) in [5, 5.41) is 9.33. The number of methoxy groups -OCH3 is 1. The van der Waals surface area contributed by atoms with Crippen LogP contribution in [0.2, 0.25) is 0 Å². The number of rotatable bonds is 4. The molecule has 1 rings (SSSR count). The molecule has 0 spiro atoms. The zero-order valence-electron chi connectivity index (χ0n) is 6.95. The maximum Gasteiger partial charge on any atom is 0.0777 e. The van der Waals surface area contributed by atoms with Crippen LogP contribution >= 0.6 is 0 Å².